The number of nitrogens with zero attached hydrogens (tertiary/aromatic N) is 1. The van der Waals surface area contributed by atoms with Gasteiger partial charge in [-0.3, -0.25) is 4.79 Å². The fourth-order valence-corrected chi connectivity index (χ4v) is 3.62. The van der Waals surface area contributed by atoms with Gasteiger partial charge in [-0.15, -0.1) is 0 Å². The highest BCUT2D eigenvalue weighted by Gasteiger charge is 2.12. The summed E-state index contributed by atoms with van der Waals surface area (Å²) in [7, 11) is 0. The zero-order chi connectivity index (χ0) is 22.4. The Balaban J connectivity index is 1.72. The van der Waals surface area contributed by atoms with Crippen molar-refractivity contribution < 1.29 is 9.53 Å². The summed E-state index contributed by atoms with van der Waals surface area (Å²) in [6.45, 7) is 4.30. The van der Waals surface area contributed by atoms with Crippen molar-refractivity contribution >= 4 is 49.5 Å². The van der Waals surface area contributed by atoms with Gasteiger partial charge in [0.1, 0.15) is 24.0 Å². The Morgan fingerprint density at radius 3 is 2.48 bits per heavy atom. The van der Waals surface area contributed by atoms with Crippen molar-refractivity contribution in [3.63, 3.8) is 0 Å². The summed E-state index contributed by atoms with van der Waals surface area (Å²) in [5.74, 6) is 0.237. The van der Waals surface area contributed by atoms with Gasteiger partial charge in [-0.25, -0.2) is 0 Å². The molecule has 0 bridgehead atoms. The number of benzene rings is 3. The minimum Gasteiger partial charge on any atom is -0.488 e. The fraction of sp³-hybridized carbons (Fsp3) is 0.120. The number of hydrogen-bond donors (Lipinski definition) is 1. The van der Waals surface area contributed by atoms with Crippen molar-refractivity contribution in [3.05, 3.63) is 97.4 Å². The Hall–Kier alpha value is -2.88. The smallest absolute Gasteiger partial charge is 0.266 e. The molecule has 3 rings (SSSR count). The normalized spacial score (nSPS) is 11.0. The lowest BCUT2D eigenvalue weighted by Crippen LogP contribution is -2.14. The molecule has 0 fully saturated rings. The van der Waals surface area contributed by atoms with Gasteiger partial charge in [0.05, 0.1) is 4.47 Å². The van der Waals surface area contributed by atoms with E-state index in [0.29, 0.717) is 18.0 Å². The standard InChI is InChI=1S/C25H20Br2N2O2/c1-16-3-4-17(2)23(11-16)29-25(30)20(14-28)12-19-7-10-24(22(27)13-19)31-15-18-5-8-21(26)9-6-18/h3-13H,15H2,1-2H3,(H,29,30)/b20-12+. The molecule has 1 amide bonds. The average Bonchev–Trinajstić information content (AvgIpc) is 2.75. The van der Waals surface area contributed by atoms with Gasteiger partial charge < -0.3 is 10.1 Å². The maximum Gasteiger partial charge on any atom is 0.266 e. The molecule has 0 spiro atoms. The van der Waals surface area contributed by atoms with Crippen LogP contribution in [0.3, 0.4) is 0 Å². The predicted octanol–water partition coefficient (Wildman–Crippen LogP) is 6.95. The monoisotopic (exact) mass is 538 g/mol. The van der Waals surface area contributed by atoms with Crippen LogP contribution in [0.4, 0.5) is 5.69 Å². The number of aryl methyl sites for hydroxylation is 2. The lowest BCUT2D eigenvalue weighted by atomic mass is 10.1. The van der Waals surface area contributed by atoms with Gasteiger partial charge in [0, 0.05) is 10.2 Å². The van der Waals surface area contributed by atoms with Crippen LogP contribution in [-0.2, 0) is 11.4 Å². The zero-order valence-corrected chi connectivity index (χ0v) is 20.2. The van der Waals surface area contributed by atoms with E-state index in [2.05, 4.69) is 37.2 Å². The number of rotatable bonds is 6. The number of ether oxygens (including phenoxy) is 1. The number of anilines is 1. The van der Waals surface area contributed by atoms with Crippen molar-refractivity contribution in [3.8, 4) is 11.8 Å². The molecule has 0 aromatic heterocycles. The SMILES string of the molecule is Cc1ccc(C)c(NC(=O)/C(C#N)=C/c2ccc(OCc3ccc(Br)cc3)c(Br)c2)c1. The van der Waals surface area contributed by atoms with Crippen molar-refractivity contribution in [2.75, 3.05) is 5.32 Å². The summed E-state index contributed by atoms with van der Waals surface area (Å²) in [6, 6.07) is 21.1. The summed E-state index contributed by atoms with van der Waals surface area (Å²) in [6.07, 6.45) is 1.56. The molecule has 0 aliphatic heterocycles. The largest absolute Gasteiger partial charge is 0.488 e. The van der Waals surface area contributed by atoms with Crippen molar-refractivity contribution in [1.29, 1.82) is 5.26 Å². The third-order valence-electron chi connectivity index (χ3n) is 4.58. The van der Waals surface area contributed by atoms with Crippen LogP contribution < -0.4 is 10.1 Å². The number of nitrogens with one attached hydrogen (secondary N) is 1. The minimum atomic E-state index is -0.442. The lowest BCUT2D eigenvalue weighted by molar-refractivity contribution is -0.112. The maximum atomic E-state index is 12.6. The van der Waals surface area contributed by atoms with E-state index in [-0.39, 0.29) is 5.57 Å². The number of hydrogen-bond acceptors (Lipinski definition) is 3. The van der Waals surface area contributed by atoms with E-state index < -0.39 is 5.91 Å². The molecular weight excluding hydrogens is 520 g/mol. The highest BCUT2D eigenvalue weighted by Crippen LogP contribution is 2.28. The highest BCUT2D eigenvalue weighted by atomic mass is 79.9. The third-order valence-corrected chi connectivity index (χ3v) is 5.73. The summed E-state index contributed by atoms with van der Waals surface area (Å²) in [5.41, 5.74) is 4.46. The second-order valence-corrected chi connectivity index (χ2v) is 8.82. The van der Waals surface area contributed by atoms with Gasteiger partial charge >= 0.3 is 0 Å². The molecule has 3 aromatic carbocycles. The first-order valence-corrected chi connectivity index (χ1v) is 11.1. The van der Waals surface area contributed by atoms with Crippen LogP contribution in [0.1, 0.15) is 22.3 Å². The third kappa shape index (κ3) is 6.30. The van der Waals surface area contributed by atoms with Gasteiger partial charge in [-0.05, 0) is 88.4 Å². The second-order valence-electron chi connectivity index (χ2n) is 7.05. The van der Waals surface area contributed by atoms with Crippen LogP contribution in [0.2, 0.25) is 0 Å². The van der Waals surface area contributed by atoms with Crippen molar-refractivity contribution in [2.45, 2.75) is 20.5 Å². The number of carbonyl (C=O) groups excluding carboxylic acids is 1. The molecule has 0 heterocycles. The number of halogens is 2. The van der Waals surface area contributed by atoms with E-state index in [4.69, 9.17) is 4.74 Å². The lowest BCUT2D eigenvalue weighted by Gasteiger charge is -2.10. The summed E-state index contributed by atoms with van der Waals surface area (Å²) in [5, 5.41) is 12.3. The second kappa shape index (κ2) is 10.4. The van der Waals surface area contributed by atoms with Crippen LogP contribution in [0.5, 0.6) is 5.75 Å². The number of carbonyl (C=O) groups is 1. The molecule has 0 saturated carbocycles. The maximum absolute atomic E-state index is 12.6. The van der Waals surface area contributed by atoms with Gasteiger partial charge in [0.15, 0.2) is 0 Å². The fourth-order valence-electron chi connectivity index (χ4n) is 2.84. The minimum absolute atomic E-state index is 0.0244. The van der Waals surface area contributed by atoms with E-state index in [1.165, 1.54) is 0 Å². The summed E-state index contributed by atoms with van der Waals surface area (Å²) in [4.78, 5) is 12.6. The van der Waals surface area contributed by atoms with E-state index in [1.807, 2.05) is 80.6 Å². The zero-order valence-electron chi connectivity index (χ0n) is 17.1. The molecule has 0 saturated heterocycles. The molecule has 4 nitrogen and oxygen atoms in total. The van der Waals surface area contributed by atoms with E-state index >= 15 is 0 Å². The predicted molar refractivity (Wildman–Crippen MR) is 131 cm³/mol. The molecule has 31 heavy (non-hydrogen) atoms. The van der Waals surface area contributed by atoms with Crippen LogP contribution in [0.15, 0.2) is 75.2 Å². The van der Waals surface area contributed by atoms with Gasteiger partial charge in [0.25, 0.3) is 5.91 Å². The molecule has 1 N–H and O–H groups in total. The molecular formula is C25H20Br2N2O2. The topological polar surface area (TPSA) is 62.1 Å². The Bertz CT molecular complexity index is 1180. The highest BCUT2D eigenvalue weighted by molar-refractivity contribution is 9.10. The van der Waals surface area contributed by atoms with Gasteiger partial charge in [-0.1, -0.05) is 46.3 Å². The summed E-state index contributed by atoms with van der Waals surface area (Å²) < 4.78 is 7.63. The van der Waals surface area contributed by atoms with Crippen LogP contribution >= 0.6 is 31.9 Å². The van der Waals surface area contributed by atoms with Crippen LogP contribution in [0, 0.1) is 25.2 Å². The first-order chi connectivity index (χ1) is 14.9. The Labute approximate surface area is 198 Å². The molecule has 0 aliphatic carbocycles. The Kier molecular flexibility index (Phi) is 7.67. The van der Waals surface area contributed by atoms with Crippen molar-refractivity contribution in [1.82, 2.24) is 0 Å². The first kappa shape index (κ1) is 22.8. The van der Waals surface area contributed by atoms with Crippen molar-refractivity contribution in [2.24, 2.45) is 0 Å². The number of nitriles is 1. The molecule has 0 unspecified atom stereocenters. The van der Waals surface area contributed by atoms with E-state index in [1.54, 1.807) is 6.08 Å². The van der Waals surface area contributed by atoms with Gasteiger partial charge in [0.2, 0.25) is 0 Å². The molecule has 156 valence electrons. The Morgan fingerprint density at radius 1 is 1.06 bits per heavy atom. The summed E-state index contributed by atoms with van der Waals surface area (Å²) >= 11 is 6.92. The molecule has 0 atom stereocenters. The first-order valence-electron chi connectivity index (χ1n) is 9.53. The van der Waals surface area contributed by atoms with Crippen LogP contribution in [-0.4, -0.2) is 5.91 Å². The van der Waals surface area contributed by atoms with Gasteiger partial charge in [-0.2, -0.15) is 5.26 Å². The molecule has 3 aromatic rings. The van der Waals surface area contributed by atoms with E-state index in [0.717, 1.165) is 31.2 Å². The number of amides is 1. The molecule has 6 heteroatoms. The van der Waals surface area contributed by atoms with Crippen LogP contribution in [0.25, 0.3) is 6.08 Å². The molecule has 0 radical (unpaired) electrons. The average molecular weight is 540 g/mol. The molecule has 0 aliphatic rings. The quantitative estimate of drug-likeness (QED) is 0.272. The Morgan fingerprint density at radius 2 is 1.81 bits per heavy atom. The van der Waals surface area contributed by atoms with E-state index in [9.17, 15) is 10.1 Å².